The zero-order valence-electron chi connectivity index (χ0n) is 11.6. The molecule has 0 spiro atoms. The molecule has 0 radical (unpaired) electrons. The van der Waals surface area contributed by atoms with Gasteiger partial charge in [0.2, 0.25) is 5.78 Å². The summed E-state index contributed by atoms with van der Waals surface area (Å²) in [5, 5.41) is 10.9. The van der Waals surface area contributed by atoms with E-state index in [0.29, 0.717) is 5.70 Å². The van der Waals surface area contributed by atoms with E-state index in [9.17, 15) is 4.79 Å². The molecule has 0 unspecified atom stereocenters. The summed E-state index contributed by atoms with van der Waals surface area (Å²) in [6, 6.07) is 8.06. The maximum Gasteiger partial charge on any atom is 0.203 e. The highest BCUT2D eigenvalue weighted by molar-refractivity contribution is 6.21. The van der Waals surface area contributed by atoms with Crippen molar-refractivity contribution in [2.75, 3.05) is 5.32 Å². The highest BCUT2D eigenvalue weighted by Crippen LogP contribution is 2.16. The van der Waals surface area contributed by atoms with Crippen molar-refractivity contribution in [2.24, 2.45) is 5.73 Å². The standard InChI is InChI=1S/C16H19N3O/c1-2-3-4-11-5-7-12(8-6-11)19-15-10-16(20)14(18)9-13(15)17/h5-10,17,19H,2-4,18H2,1H3. The number of nitrogens with one attached hydrogen (secondary N) is 2. The minimum absolute atomic E-state index is 0.107. The first-order valence-corrected chi connectivity index (χ1v) is 6.78. The van der Waals surface area contributed by atoms with Gasteiger partial charge in [0.15, 0.2) is 0 Å². The zero-order valence-corrected chi connectivity index (χ0v) is 11.6. The van der Waals surface area contributed by atoms with E-state index in [1.54, 1.807) is 0 Å². The first kappa shape index (κ1) is 14.1. The Hall–Kier alpha value is -2.36. The Kier molecular flexibility index (Phi) is 4.35. The van der Waals surface area contributed by atoms with Crippen molar-refractivity contribution < 1.29 is 4.79 Å². The van der Waals surface area contributed by atoms with Gasteiger partial charge in [0.05, 0.1) is 17.1 Å². The lowest BCUT2D eigenvalue weighted by atomic mass is 10.1. The second kappa shape index (κ2) is 6.19. The molecule has 4 N–H and O–H groups in total. The van der Waals surface area contributed by atoms with E-state index in [1.807, 2.05) is 12.1 Å². The number of ketones is 1. The zero-order chi connectivity index (χ0) is 14.5. The van der Waals surface area contributed by atoms with Crippen LogP contribution in [0, 0.1) is 5.41 Å². The monoisotopic (exact) mass is 269 g/mol. The largest absolute Gasteiger partial charge is 0.396 e. The summed E-state index contributed by atoms with van der Waals surface area (Å²) in [4.78, 5) is 11.5. The number of aryl methyl sites for hydroxylation is 1. The van der Waals surface area contributed by atoms with Crippen LogP contribution in [0.25, 0.3) is 0 Å². The number of hydrogen-bond acceptors (Lipinski definition) is 4. The molecule has 0 amide bonds. The van der Waals surface area contributed by atoms with Crippen molar-refractivity contribution in [3.05, 3.63) is 53.4 Å². The average Bonchev–Trinajstić information content (AvgIpc) is 2.44. The lowest BCUT2D eigenvalue weighted by Crippen LogP contribution is -2.21. The van der Waals surface area contributed by atoms with Gasteiger partial charge in [0.25, 0.3) is 0 Å². The number of rotatable bonds is 5. The molecule has 1 aromatic carbocycles. The van der Waals surface area contributed by atoms with Gasteiger partial charge in [-0.25, -0.2) is 0 Å². The molecule has 2 rings (SSSR count). The van der Waals surface area contributed by atoms with Crippen molar-refractivity contribution in [3.63, 3.8) is 0 Å². The molecule has 0 fully saturated rings. The van der Waals surface area contributed by atoms with Crippen LogP contribution in [0.15, 0.2) is 47.8 Å². The fourth-order valence-corrected chi connectivity index (χ4v) is 1.99. The van der Waals surface area contributed by atoms with Gasteiger partial charge in [-0.3, -0.25) is 10.2 Å². The molecule has 0 saturated heterocycles. The Morgan fingerprint density at radius 2 is 1.90 bits per heavy atom. The number of nitrogens with two attached hydrogens (primary N) is 1. The summed E-state index contributed by atoms with van der Waals surface area (Å²) in [5.74, 6) is -0.261. The highest BCUT2D eigenvalue weighted by atomic mass is 16.1. The molecule has 20 heavy (non-hydrogen) atoms. The highest BCUT2D eigenvalue weighted by Gasteiger charge is 2.15. The van der Waals surface area contributed by atoms with Crippen molar-refractivity contribution >= 4 is 17.2 Å². The van der Waals surface area contributed by atoms with Gasteiger partial charge in [-0.05, 0) is 36.6 Å². The van der Waals surface area contributed by atoms with Crippen LogP contribution in [0.3, 0.4) is 0 Å². The Morgan fingerprint density at radius 3 is 2.55 bits per heavy atom. The van der Waals surface area contributed by atoms with Gasteiger partial charge in [-0.1, -0.05) is 25.5 Å². The van der Waals surface area contributed by atoms with Crippen molar-refractivity contribution in [3.8, 4) is 0 Å². The van der Waals surface area contributed by atoms with Crippen LogP contribution in [-0.2, 0) is 11.2 Å². The second-order valence-electron chi connectivity index (χ2n) is 4.86. The third kappa shape index (κ3) is 3.35. The Labute approximate surface area is 118 Å². The minimum atomic E-state index is -0.261. The van der Waals surface area contributed by atoms with Gasteiger partial charge in [-0.2, -0.15) is 0 Å². The fraction of sp³-hybridized carbons (Fsp3) is 0.250. The molecule has 104 valence electrons. The quantitative estimate of drug-likeness (QED) is 0.719. The van der Waals surface area contributed by atoms with E-state index < -0.39 is 0 Å². The van der Waals surface area contributed by atoms with Crippen molar-refractivity contribution in [1.82, 2.24) is 0 Å². The summed E-state index contributed by atoms with van der Waals surface area (Å²) in [7, 11) is 0. The summed E-state index contributed by atoms with van der Waals surface area (Å²) in [6.07, 6.45) is 6.18. The molecule has 0 saturated carbocycles. The van der Waals surface area contributed by atoms with E-state index in [4.69, 9.17) is 11.1 Å². The van der Waals surface area contributed by atoms with Crippen LogP contribution in [0.5, 0.6) is 0 Å². The lowest BCUT2D eigenvalue weighted by Gasteiger charge is -2.14. The molecule has 0 heterocycles. The van der Waals surface area contributed by atoms with Gasteiger partial charge in [0, 0.05) is 11.8 Å². The Balaban J connectivity index is 2.05. The van der Waals surface area contributed by atoms with E-state index in [-0.39, 0.29) is 17.2 Å². The normalized spacial score (nSPS) is 14.8. The van der Waals surface area contributed by atoms with Crippen LogP contribution in [0.1, 0.15) is 25.3 Å². The lowest BCUT2D eigenvalue weighted by molar-refractivity contribution is -0.111. The minimum Gasteiger partial charge on any atom is -0.396 e. The molecule has 1 aliphatic carbocycles. The molecule has 1 aliphatic rings. The Morgan fingerprint density at radius 1 is 1.20 bits per heavy atom. The van der Waals surface area contributed by atoms with Gasteiger partial charge >= 0.3 is 0 Å². The van der Waals surface area contributed by atoms with Crippen LogP contribution in [-0.4, -0.2) is 11.5 Å². The van der Waals surface area contributed by atoms with E-state index >= 15 is 0 Å². The number of anilines is 1. The van der Waals surface area contributed by atoms with Crippen molar-refractivity contribution in [1.29, 1.82) is 5.41 Å². The molecule has 4 heteroatoms. The number of carbonyl (C=O) groups is 1. The van der Waals surface area contributed by atoms with Gasteiger partial charge in [0.1, 0.15) is 0 Å². The fourth-order valence-electron chi connectivity index (χ4n) is 1.99. The predicted molar refractivity (Wildman–Crippen MR) is 81.8 cm³/mol. The summed E-state index contributed by atoms with van der Waals surface area (Å²) in [5.41, 5.74) is 8.45. The number of allylic oxidation sites excluding steroid dienone is 2. The van der Waals surface area contributed by atoms with E-state index in [2.05, 4.69) is 24.4 Å². The first-order chi connectivity index (χ1) is 9.60. The second-order valence-corrected chi connectivity index (χ2v) is 4.86. The van der Waals surface area contributed by atoms with E-state index in [0.717, 1.165) is 12.1 Å². The number of unbranched alkanes of at least 4 members (excludes halogenated alkanes) is 1. The van der Waals surface area contributed by atoms with Crippen molar-refractivity contribution in [2.45, 2.75) is 26.2 Å². The van der Waals surface area contributed by atoms with Crippen LogP contribution in [0.4, 0.5) is 5.69 Å². The first-order valence-electron chi connectivity index (χ1n) is 6.78. The molecular weight excluding hydrogens is 250 g/mol. The van der Waals surface area contributed by atoms with Crippen LogP contribution in [0.2, 0.25) is 0 Å². The third-order valence-electron chi connectivity index (χ3n) is 3.20. The predicted octanol–water partition coefficient (Wildman–Crippen LogP) is 2.77. The third-order valence-corrected chi connectivity index (χ3v) is 3.20. The molecule has 0 atom stereocenters. The topological polar surface area (TPSA) is 79.0 Å². The summed E-state index contributed by atoms with van der Waals surface area (Å²) < 4.78 is 0. The number of benzene rings is 1. The van der Waals surface area contributed by atoms with Crippen LogP contribution >= 0.6 is 0 Å². The number of hydrogen-bond donors (Lipinski definition) is 3. The van der Waals surface area contributed by atoms with Gasteiger partial charge < -0.3 is 11.1 Å². The maximum atomic E-state index is 11.5. The number of carbonyl (C=O) groups excluding carboxylic acids is 1. The molecule has 1 aromatic rings. The van der Waals surface area contributed by atoms with E-state index in [1.165, 1.54) is 30.6 Å². The molecule has 0 bridgehead atoms. The summed E-state index contributed by atoms with van der Waals surface area (Å²) in [6.45, 7) is 2.17. The average molecular weight is 269 g/mol. The molecule has 0 aliphatic heterocycles. The Bertz CT molecular complexity index is 582. The van der Waals surface area contributed by atoms with Crippen LogP contribution < -0.4 is 11.1 Å². The molecule has 4 nitrogen and oxygen atoms in total. The molecule has 0 aromatic heterocycles. The molecular formula is C16H19N3O. The maximum absolute atomic E-state index is 11.5. The summed E-state index contributed by atoms with van der Waals surface area (Å²) >= 11 is 0. The SMILES string of the molecule is CCCCc1ccc(NC2=CC(=O)C(N)=CC2=N)cc1. The van der Waals surface area contributed by atoms with Gasteiger partial charge in [-0.15, -0.1) is 0 Å². The smallest absolute Gasteiger partial charge is 0.203 e.